The van der Waals surface area contributed by atoms with Crippen LogP contribution in [-0.2, 0) is 5.41 Å². The van der Waals surface area contributed by atoms with E-state index in [0.29, 0.717) is 17.5 Å². The molecule has 0 amide bonds. The quantitative estimate of drug-likeness (QED) is 0.178. The van der Waals surface area contributed by atoms with E-state index in [1.165, 1.54) is 81.4 Å². The molecule has 1 atom stereocenters. The molecule has 13 rings (SSSR count). The summed E-state index contributed by atoms with van der Waals surface area (Å²) in [7, 11) is 0. The molecule has 0 N–H and O–H groups in total. The van der Waals surface area contributed by atoms with Crippen molar-refractivity contribution in [2.75, 3.05) is 0 Å². The van der Waals surface area contributed by atoms with Crippen molar-refractivity contribution < 1.29 is 0 Å². The predicted octanol–water partition coefficient (Wildman–Crippen LogP) is 14.9. The summed E-state index contributed by atoms with van der Waals surface area (Å²) >= 11 is 1.88. The highest BCUT2D eigenvalue weighted by atomic mass is 32.1. The molecule has 3 nitrogen and oxygen atoms in total. The fraction of sp³-hybridized carbons (Fsp3) is 0.0172. The Hall–Kier alpha value is -7.79. The fourth-order valence-electron chi connectivity index (χ4n) is 10.2. The Kier molecular flexibility index (Phi) is 7.69. The second kappa shape index (κ2) is 13.6. The number of benzene rings is 9. The Morgan fingerprint density at radius 1 is 0.274 bits per heavy atom. The first kappa shape index (κ1) is 35.0. The summed E-state index contributed by atoms with van der Waals surface area (Å²) in [6.45, 7) is 0. The predicted molar refractivity (Wildman–Crippen MR) is 256 cm³/mol. The molecule has 9 aromatic carbocycles. The van der Waals surface area contributed by atoms with Crippen LogP contribution in [0, 0.1) is 0 Å². The highest BCUT2D eigenvalue weighted by molar-refractivity contribution is 7.25. The topological polar surface area (TPSA) is 38.7 Å². The van der Waals surface area contributed by atoms with Gasteiger partial charge in [0.2, 0.25) is 0 Å². The zero-order valence-electron chi connectivity index (χ0n) is 33.5. The lowest BCUT2D eigenvalue weighted by Gasteiger charge is -2.35. The first-order valence-corrected chi connectivity index (χ1v) is 21.9. The van der Waals surface area contributed by atoms with Gasteiger partial charge < -0.3 is 0 Å². The molecule has 2 aromatic heterocycles. The van der Waals surface area contributed by atoms with Crippen LogP contribution in [0.5, 0.6) is 0 Å². The Morgan fingerprint density at radius 2 is 0.726 bits per heavy atom. The van der Waals surface area contributed by atoms with Gasteiger partial charge in [-0.15, -0.1) is 11.3 Å². The van der Waals surface area contributed by atoms with Crippen LogP contribution in [0.3, 0.4) is 0 Å². The van der Waals surface area contributed by atoms with E-state index in [-0.39, 0.29) is 0 Å². The number of fused-ring (bicyclic) bond motifs is 15. The molecule has 0 saturated carbocycles. The number of rotatable bonds is 4. The average molecular weight is 806 g/mol. The average Bonchev–Trinajstić information content (AvgIpc) is 3.83. The highest BCUT2D eigenvalue weighted by Crippen LogP contribution is 2.62. The molecule has 1 spiro atoms. The largest absolute Gasteiger partial charge is 0.208 e. The van der Waals surface area contributed by atoms with Crippen molar-refractivity contribution in [3.05, 3.63) is 235 Å². The van der Waals surface area contributed by atoms with E-state index in [4.69, 9.17) is 15.0 Å². The fourth-order valence-corrected chi connectivity index (χ4v) is 11.4. The van der Waals surface area contributed by atoms with Gasteiger partial charge in [-0.2, -0.15) is 0 Å². The van der Waals surface area contributed by atoms with Crippen LogP contribution in [-0.4, -0.2) is 15.0 Å². The van der Waals surface area contributed by atoms with Crippen LogP contribution in [0.15, 0.2) is 212 Å². The normalized spacial score (nSPS) is 14.5. The molecule has 1 unspecified atom stereocenters. The molecule has 11 aromatic rings. The van der Waals surface area contributed by atoms with Gasteiger partial charge in [0.05, 0.1) is 5.41 Å². The molecule has 0 aliphatic heterocycles. The van der Waals surface area contributed by atoms with E-state index in [1.54, 1.807) is 0 Å². The zero-order valence-corrected chi connectivity index (χ0v) is 34.3. The van der Waals surface area contributed by atoms with Crippen LogP contribution < -0.4 is 0 Å². The minimum absolute atomic E-state index is 0.635. The Balaban J connectivity index is 1.10. The van der Waals surface area contributed by atoms with Crippen molar-refractivity contribution in [3.8, 4) is 78.7 Å². The second-order valence-electron chi connectivity index (χ2n) is 16.3. The minimum atomic E-state index is -0.657. The van der Waals surface area contributed by atoms with Gasteiger partial charge >= 0.3 is 0 Å². The Bertz CT molecular complexity index is 3570. The Labute approximate surface area is 363 Å². The second-order valence-corrected chi connectivity index (χ2v) is 17.3. The van der Waals surface area contributed by atoms with Crippen LogP contribution in [0.2, 0.25) is 0 Å². The summed E-state index contributed by atoms with van der Waals surface area (Å²) in [5, 5.41) is 2.59. The summed E-state index contributed by atoms with van der Waals surface area (Å²) in [4.78, 5) is 15.7. The maximum atomic E-state index is 5.31. The zero-order chi connectivity index (χ0) is 40.8. The SMILES string of the molecule is c1ccc(-c2ccc(-c3nc(-c4ccccc4)nc(-c4ccc5c(c4)C4(c6ccccc6-c6ccccc6-5)c5ccccc5-c5cc6sc7ccccc7c6cc54)n3)cc2)cc1. The van der Waals surface area contributed by atoms with E-state index in [0.717, 1.165) is 22.3 Å². The van der Waals surface area contributed by atoms with Crippen LogP contribution in [0.1, 0.15) is 22.3 Å². The third-order valence-electron chi connectivity index (χ3n) is 13.0. The van der Waals surface area contributed by atoms with Crippen molar-refractivity contribution in [1.82, 2.24) is 15.0 Å². The lowest BCUT2D eigenvalue weighted by molar-refractivity contribution is 0.776. The molecule has 0 bridgehead atoms. The number of nitrogens with zero attached hydrogens (tertiary/aromatic N) is 3. The lowest BCUT2D eigenvalue weighted by atomic mass is 9.65. The molecule has 0 radical (unpaired) electrons. The molecule has 2 aliphatic carbocycles. The minimum Gasteiger partial charge on any atom is -0.208 e. The lowest BCUT2D eigenvalue weighted by Crippen LogP contribution is -2.29. The first-order chi connectivity index (χ1) is 30.7. The molecule has 62 heavy (non-hydrogen) atoms. The van der Waals surface area contributed by atoms with Crippen molar-refractivity contribution in [3.63, 3.8) is 0 Å². The standard InChI is InChI=1S/C58H35N3S/c1-3-15-36(16-4-1)37-27-29-39(30-28-37)56-59-55(38-17-5-2-6-18-38)60-57(61-56)40-31-32-45-42-20-8-7-19-41(42)43-21-9-12-24-49(43)58(51(45)33-40)50-25-13-10-22-44(50)47-35-54-48(34-52(47)58)46-23-11-14-26-53(46)62-54/h1-35H. The molecule has 0 fully saturated rings. The van der Waals surface area contributed by atoms with E-state index < -0.39 is 5.41 Å². The van der Waals surface area contributed by atoms with Crippen LogP contribution >= 0.6 is 11.3 Å². The van der Waals surface area contributed by atoms with Gasteiger partial charge in [0.15, 0.2) is 17.5 Å². The third-order valence-corrected chi connectivity index (χ3v) is 14.1. The van der Waals surface area contributed by atoms with Gasteiger partial charge in [-0.1, -0.05) is 188 Å². The summed E-state index contributed by atoms with van der Waals surface area (Å²) in [6, 6.07) is 77.1. The maximum absolute atomic E-state index is 5.31. The molecule has 2 aliphatic rings. The van der Waals surface area contributed by atoms with Gasteiger partial charge in [0.1, 0.15) is 0 Å². The highest BCUT2D eigenvalue weighted by Gasteiger charge is 2.50. The van der Waals surface area contributed by atoms with E-state index in [2.05, 4.69) is 188 Å². The van der Waals surface area contributed by atoms with Crippen LogP contribution in [0.25, 0.3) is 98.8 Å². The molecular weight excluding hydrogens is 771 g/mol. The number of hydrogen-bond acceptors (Lipinski definition) is 4. The maximum Gasteiger partial charge on any atom is 0.164 e. The number of hydrogen-bond donors (Lipinski definition) is 0. The van der Waals surface area contributed by atoms with Gasteiger partial charge in [0.25, 0.3) is 0 Å². The smallest absolute Gasteiger partial charge is 0.164 e. The van der Waals surface area contributed by atoms with Crippen molar-refractivity contribution in [1.29, 1.82) is 0 Å². The Morgan fingerprint density at radius 3 is 1.40 bits per heavy atom. The summed E-state index contributed by atoms with van der Waals surface area (Å²) in [5.74, 6) is 1.91. The molecule has 4 heteroatoms. The molecule has 0 saturated heterocycles. The van der Waals surface area contributed by atoms with E-state index >= 15 is 0 Å². The van der Waals surface area contributed by atoms with Gasteiger partial charge in [0, 0.05) is 36.9 Å². The van der Waals surface area contributed by atoms with E-state index in [9.17, 15) is 0 Å². The number of thiophene rings is 1. The summed E-state index contributed by atoms with van der Waals surface area (Å²) in [6.07, 6.45) is 0. The molecular formula is C58H35N3S. The van der Waals surface area contributed by atoms with E-state index in [1.807, 2.05) is 35.6 Å². The molecule has 2 heterocycles. The third kappa shape index (κ3) is 5.14. The number of aromatic nitrogens is 3. The summed E-state index contributed by atoms with van der Waals surface area (Å²) in [5.41, 5.74) is 17.0. The monoisotopic (exact) mass is 805 g/mol. The van der Waals surface area contributed by atoms with Gasteiger partial charge in [-0.05, 0) is 91.0 Å². The van der Waals surface area contributed by atoms with Gasteiger partial charge in [-0.25, -0.2) is 15.0 Å². The summed E-state index contributed by atoms with van der Waals surface area (Å²) < 4.78 is 2.61. The first-order valence-electron chi connectivity index (χ1n) is 21.1. The van der Waals surface area contributed by atoms with Crippen molar-refractivity contribution in [2.45, 2.75) is 5.41 Å². The van der Waals surface area contributed by atoms with Crippen molar-refractivity contribution >= 4 is 31.5 Å². The molecule has 288 valence electrons. The van der Waals surface area contributed by atoms with Crippen molar-refractivity contribution in [2.24, 2.45) is 0 Å². The van der Waals surface area contributed by atoms with Gasteiger partial charge in [-0.3, -0.25) is 0 Å². The van der Waals surface area contributed by atoms with Crippen LogP contribution in [0.4, 0.5) is 0 Å².